The molecule has 0 spiro atoms. The minimum Gasteiger partial charge on any atom is -0.494 e. The van der Waals surface area contributed by atoms with Crippen LogP contribution in [0.25, 0.3) is 0 Å². The normalized spacial score (nSPS) is 21.6. The van der Waals surface area contributed by atoms with E-state index in [1.165, 1.54) is 18.7 Å². The Morgan fingerprint density at radius 1 is 1.15 bits per heavy atom. The summed E-state index contributed by atoms with van der Waals surface area (Å²) in [5.74, 6) is -0.285. The quantitative estimate of drug-likeness (QED) is 0.589. The summed E-state index contributed by atoms with van der Waals surface area (Å²) in [7, 11) is 1.43. The molecule has 34 heavy (non-hydrogen) atoms. The first-order valence-electron chi connectivity index (χ1n) is 12.0. The topological polar surface area (TPSA) is 76.7 Å². The summed E-state index contributed by atoms with van der Waals surface area (Å²) in [6.45, 7) is 1.93. The van der Waals surface area contributed by atoms with Crippen molar-refractivity contribution in [3.8, 4) is 5.75 Å². The van der Waals surface area contributed by atoms with Crippen LogP contribution in [-0.2, 0) is 26.2 Å². The van der Waals surface area contributed by atoms with Gasteiger partial charge in [-0.2, -0.15) is 0 Å². The average Bonchev–Trinajstić information content (AvgIpc) is 3.24. The molecule has 2 aliphatic heterocycles. The summed E-state index contributed by atoms with van der Waals surface area (Å²) in [4.78, 5) is 25.0. The van der Waals surface area contributed by atoms with Gasteiger partial charge in [-0.25, -0.2) is 4.39 Å². The van der Waals surface area contributed by atoms with E-state index < -0.39 is 11.4 Å². The van der Waals surface area contributed by atoms with Gasteiger partial charge in [-0.15, -0.1) is 0 Å². The van der Waals surface area contributed by atoms with Gasteiger partial charge in [-0.05, 0) is 55.4 Å². The van der Waals surface area contributed by atoms with E-state index in [-0.39, 0.29) is 23.0 Å². The zero-order valence-corrected chi connectivity index (χ0v) is 19.7. The molecule has 0 saturated carbocycles. The second-order valence-corrected chi connectivity index (χ2v) is 9.51. The van der Waals surface area contributed by atoms with Crippen LogP contribution >= 0.6 is 0 Å². The molecule has 4 rings (SSSR count). The maximum atomic E-state index is 13.8. The fraction of sp³-hybridized carbons (Fsp3) is 0.481. The number of benzene rings is 2. The van der Waals surface area contributed by atoms with Crippen molar-refractivity contribution in [3.63, 3.8) is 0 Å². The number of methoxy groups -OCH3 is 1. The van der Waals surface area contributed by atoms with Gasteiger partial charge in [0, 0.05) is 43.6 Å². The first-order chi connectivity index (χ1) is 16.4. The number of carbonyl (C=O) groups is 2. The van der Waals surface area contributed by atoms with Gasteiger partial charge in [-0.3, -0.25) is 9.59 Å². The largest absolute Gasteiger partial charge is 0.494 e. The van der Waals surface area contributed by atoms with Gasteiger partial charge in [0.25, 0.3) is 0 Å². The number of hydrogen-bond acceptors (Lipinski definition) is 4. The summed E-state index contributed by atoms with van der Waals surface area (Å²) in [6.07, 6.45) is 4.15. The Labute approximate surface area is 200 Å². The fourth-order valence-corrected chi connectivity index (χ4v) is 5.22. The van der Waals surface area contributed by atoms with E-state index in [0.29, 0.717) is 51.9 Å². The van der Waals surface area contributed by atoms with Crippen molar-refractivity contribution in [1.29, 1.82) is 0 Å². The standard InChI is InChI=1S/C27H33FN2O4/c1-33-23-17-20(7-8-22(23)28)18-27(12-10-25(32)30-27)11-9-24(31)29-19-26(13-15-34-16-14-26)21-5-3-2-4-6-21/h2-8,17H,9-16,18-19H2,1H3,(H,29,31)(H,30,32)/t27-/m1/s1. The van der Waals surface area contributed by atoms with E-state index in [4.69, 9.17) is 9.47 Å². The number of rotatable bonds is 9. The van der Waals surface area contributed by atoms with E-state index >= 15 is 0 Å². The summed E-state index contributed by atoms with van der Waals surface area (Å²) in [5.41, 5.74) is 1.45. The Morgan fingerprint density at radius 3 is 2.59 bits per heavy atom. The van der Waals surface area contributed by atoms with Crippen LogP contribution in [0.5, 0.6) is 5.75 Å². The van der Waals surface area contributed by atoms with Crippen molar-refractivity contribution in [2.24, 2.45) is 0 Å². The van der Waals surface area contributed by atoms with Crippen molar-refractivity contribution < 1.29 is 23.5 Å². The SMILES string of the molecule is COc1cc(C[C@@]2(CCC(=O)NCC3(c4ccccc4)CCOCC3)CCC(=O)N2)ccc1F. The number of hydrogen-bond donors (Lipinski definition) is 2. The van der Waals surface area contributed by atoms with Crippen LogP contribution in [0.1, 0.15) is 49.7 Å². The maximum absolute atomic E-state index is 13.8. The van der Waals surface area contributed by atoms with Crippen molar-refractivity contribution in [2.75, 3.05) is 26.9 Å². The molecule has 1 atom stereocenters. The van der Waals surface area contributed by atoms with Crippen LogP contribution < -0.4 is 15.4 Å². The van der Waals surface area contributed by atoms with E-state index in [2.05, 4.69) is 22.8 Å². The molecule has 2 aromatic rings. The third-order valence-electron chi connectivity index (χ3n) is 7.28. The first-order valence-corrected chi connectivity index (χ1v) is 12.0. The Balaban J connectivity index is 1.40. The van der Waals surface area contributed by atoms with E-state index in [1.54, 1.807) is 12.1 Å². The van der Waals surface area contributed by atoms with Crippen molar-refractivity contribution in [2.45, 2.75) is 55.9 Å². The molecule has 2 amide bonds. The summed E-state index contributed by atoms with van der Waals surface area (Å²) in [5, 5.41) is 6.25. The van der Waals surface area contributed by atoms with Gasteiger partial charge in [0.2, 0.25) is 11.8 Å². The van der Waals surface area contributed by atoms with Crippen LogP contribution in [0.3, 0.4) is 0 Å². The molecule has 2 N–H and O–H groups in total. The summed E-state index contributed by atoms with van der Waals surface area (Å²) < 4.78 is 24.5. The number of halogens is 1. The highest BCUT2D eigenvalue weighted by molar-refractivity contribution is 5.80. The highest BCUT2D eigenvalue weighted by Crippen LogP contribution is 2.35. The predicted molar refractivity (Wildman–Crippen MR) is 127 cm³/mol. The molecule has 0 aliphatic carbocycles. The van der Waals surface area contributed by atoms with Gasteiger partial charge in [0.1, 0.15) is 0 Å². The molecule has 0 radical (unpaired) electrons. The lowest BCUT2D eigenvalue weighted by molar-refractivity contribution is -0.123. The van der Waals surface area contributed by atoms with Crippen molar-refractivity contribution in [3.05, 3.63) is 65.5 Å². The molecular formula is C27H33FN2O4. The van der Waals surface area contributed by atoms with Gasteiger partial charge in [0.05, 0.1) is 7.11 Å². The third kappa shape index (κ3) is 5.58. The second-order valence-electron chi connectivity index (χ2n) is 9.51. The lowest BCUT2D eigenvalue weighted by atomic mass is 9.74. The minimum absolute atomic E-state index is 0.0141. The van der Waals surface area contributed by atoms with Crippen LogP contribution in [0.2, 0.25) is 0 Å². The molecule has 0 unspecified atom stereocenters. The van der Waals surface area contributed by atoms with Gasteiger partial charge in [0.15, 0.2) is 11.6 Å². The van der Waals surface area contributed by atoms with Crippen molar-refractivity contribution >= 4 is 11.8 Å². The molecule has 7 heteroatoms. The number of nitrogens with one attached hydrogen (secondary N) is 2. The van der Waals surface area contributed by atoms with E-state index in [0.717, 1.165) is 18.4 Å². The molecule has 2 saturated heterocycles. The van der Waals surface area contributed by atoms with E-state index in [1.807, 2.05) is 18.2 Å². The first kappa shape index (κ1) is 24.2. The molecule has 0 aromatic heterocycles. The Bertz CT molecular complexity index is 1010. The Kier molecular flexibility index (Phi) is 7.51. The Hall–Kier alpha value is -2.93. The van der Waals surface area contributed by atoms with E-state index in [9.17, 15) is 14.0 Å². The van der Waals surface area contributed by atoms with Crippen molar-refractivity contribution in [1.82, 2.24) is 10.6 Å². The number of carbonyl (C=O) groups excluding carboxylic acids is 2. The second kappa shape index (κ2) is 10.6. The molecule has 182 valence electrons. The average molecular weight is 469 g/mol. The molecule has 2 aliphatic rings. The smallest absolute Gasteiger partial charge is 0.220 e. The van der Waals surface area contributed by atoms with Crippen LogP contribution in [-0.4, -0.2) is 44.2 Å². The fourth-order valence-electron chi connectivity index (χ4n) is 5.22. The summed E-state index contributed by atoms with van der Waals surface area (Å²) in [6, 6.07) is 15.1. The molecular weight excluding hydrogens is 435 g/mol. The number of amides is 2. The zero-order chi connectivity index (χ0) is 24.0. The van der Waals surface area contributed by atoms with Crippen LogP contribution in [0, 0.1) is 5.82 Å². The molecule has 2 fully saturated rings. The molecule has 0 bridgehead atoms. The highest BCUT2D eigenvalue weighted by atomic mass is 19.1. The maximum Gasteiger partial charge on any atom is 0.220 e. The molecule has 2 aromatic carbocycles. The van der Waals surface area contributed by atoms with Gasteiger partial charge < -0.3 is 20.1 Å². The zero-order valence-electron chi connectivity index (χ0n) is 19.7. The van der Waals surface area contributed by atoms with Gasteiger partial charge in [-0.1, -0.05) is 36.4 Å². The predicted octanol–water partition coefficient (Wildman–Crippen LogP) is 3.67. The third-order valence-corrected chi connectivity index (χ3v) is 7.28. The monoisotopic (exact) mass is 468 g/mol. The van der Waals surface area contributed by atoms with Gasteiger partial charge >= 0.3 is 0 Å². The molecule has 6 nitrogen and oxygen atoms in total. The summed E-state index contributed by atoms with van der Waals surface area (Å²) >= 11 is 0. The lowest BCUT2D eigenvalue weighted by Gasteiger charge is -2.38. The minimum atomic E-state index is -0.521. The lowest BCUT2D eigenvalue weighted by Crippen LogP contribution is -2.46. The Morgan fingerprint density at radius 2 is 1.91 bits per heavy atom. The van der Waals surface area contributed by atoms with Crippen LogP contribution in [0.4, 0.5) is 4.39 Å². The van der Waals surface area contributed by atoms with Crippen LogP contribution in [0.15, 0.2) is 48.5 Å². The molecule has 2 heterocycles. The highest BCUT2D eigenvalue weighted by Gasteiger charge is 2.39. The number of ether oxygens (including phenoxy) is 2.